The number of aromatic hydroxyl groups is 1. The summed E-state index contributed by atoms with van der Waals surface area (Å²) >= 11 is 0. The van der Waals surface area contributed by atoms with E-state index in [2.05, 4.69) is 34.1 Å². The molecule has 0 aliphatic rings. The van der Waals surface area contributed by atoms with Gasteiger partial charge in [0, 0.05) is 12.6 Å². The number of rotatable bonds is 5. The van der Waals surface area contributed by atoms with Crippen molar-refractivity contribution in [2.75, 3.05) is 12.4 Å². The minimum absolute atomic E-state index is 0.115. The van der Waals surface area contributed by atoms with Gasteiger partial charge in [-0.3, -0.25) is 0 Å². The van der Waals surface area contributed by atoms with E-state index in [-0.39, 0.29) is 11.8 Å². The normalized spacial score (nSPS) is 11.1. The van der Waals surface area contributed by atoms with Crippen LogP contribution in [0.5, 0.6) is 11.5 Å². The molecule has 0 aliphatic carbocycles. The van der Waals surface area contributed by atoms with Gasteiger partial charge in [-0.15, -0.1) is 0 Å². The zero-order chi connectivity index (χ0) is 16.4. The number of nitrogens with zero attached hydrogens (tertiary/aromatic N) is 4. The third-order valence-electron chi connectivity index (χ3n) is 3.62. The topological polar surface area (TPSA) is 85.1 Å². The van der Waals surface area contributed by atoms with Gasteiger partial charge >= 0.3 is 0 Å². The molecule has 7 nitrogen and oxygen atoms in total. The highest BCUT2D eigenvalue weighted by Gasteiger charge is 2.11. The standard InChI is InChI=1S/C16H19N5O2/c1-10(2)21-9-20-14-15(18-8-19-16(14)21)17-7-11-4-5-13(23-3)12(22)6-11/h4-6,8-10,22H,7H2,1-3H3,(H,17,18,19). The summed E-state index contributed by atoms with van der Waals surface area (Å²) in [6, 6.07) is 5.56. The van der Waals surface area contributed by atoms with Crippen molar-refractivity contribution in [3.63, 3.8) is 0 Å². The largest absolute Gasteiger partial charge is 0.504 e. The van der Waals surface area contributed by atoms with Gasteiger partial charge in [0.15, 0.2) is 23.0 Å². The molecular weight excluding hydrogens is 294 g/mol. The fourth-order valence-corrected chi connectivity index (χ4v) is 2.39. The van der Waals surface area contributed by atoms with Crippen molar-refractivity contribution >= 4 is 17.0 Å². The molecule has 0 radical (unpaired) electrons. The molecular formula is C16H19N5O2. The maximum Gasteiger partial charge on any atom is 0.165 e. The molecule has 0 atom stereocenters. The van der Waals surface area contributed by atoms with Crippen LogP contribution in [0.4, 0.5) is 5.82 Å². The van der Waals surface area contributed by atoms with Gasteiger partial charge in [-0.25, -0.2) is 15.0 Å². The Hall–Kier alpha value is -2.83. The Labute approximate surface area is 134 Å². The number of phenolic OH excluding ortho intramolecular Hbond substituents is 1. The number of aromatic nitrogens is 4. The van der Waals surface area contributed by atoms with E-state index in [0.717, 1.165) is 16.7 Å². The summed E-state index contributed by atoms with van der Waals surface area (Å²) in [7, 11) is 1.52. The second kappa shape index (κ2) is 6.12. The molecule has 2 N–H and O–H groups in total. The second-order valence-electron chi connectivity index (χ2n) is 5.50. The Kier molecular flexibility index (Phi) is 4.01. The number of anilines is 1. The van der Waals surface area contributed by atoms with Crippen molar-refractivity contribution in [2.24, 2.45) is 0 Å². The van der Waals surface area contributed by atoms with E-state index in [9.17, 15) is 5.11 Å². The van der Waals surface area contributed by atoms with Crippen LogP contribution in [-0.2, 0) is 6.54 Å². The quantitative estimate of drug-likeness (QED) is 0.753. The SMILES string of the molecule is COc1ccc(CNc2ncnc3c2ncn3C(C)C)cc1O. The molecule has 0 spiro atoms. The van der Waals surface area contributed by atoms with Crippen LogP contribution in [-0.4, -0.2) is 31.7 Å². The number of imidazole rings is 1. The van der Waals surface area contributed by atoms with E-state index in [0.29, 0.717) is 18.1 Å². The average Bonchev–Trinajstić information content (AvgIpc) is 2.98. The van der Waals surface area contributed by atoms with Crippen LogP contribution in [0.15, 0.2) is 30.9 Å². The first-order valence-electron chi connectivity index (χ1n) is 7.37. The van der Waals surface area contributed by atoms with Crippen molar-refractivity contribution in [2.45, 2.75) is 26.4 Å². The number of hydrogen-bond acceptors (Lipinski definition) is 6. The maximum atomic E-state index is 9.83. The average molecular weight is 313 g/mol. The lowest BCUT2D eigenvalue weighted by molar-refractivity contribution is 0.373. The van der Waals surface area contributed by atoms with Crippen LogP contribution >= 0.6 is 0 Å². The summed E-state index contributed by atoms with van der Waals surface area (Å²) < 4.78 is 7.04. The summed E-state index contributed by atoms with van der Waals surface area (Å²) in [5, 5.41) is 13.1. The summed E-state index contributed by atoms with van der Waals surface area (Å²) in [6.07, 6.45) is 3.30. The van der Waals surface area contributed by atoms with Gasteiger partial charge in [0.2, 0.25) is 0 Å². The highest BCUT2D eigenvalue weighted by atomic mass is 16.5. The minimum atomic E-state index is 0.115. The van der Waals surface area contributed by atoms with E-state index in [1.54, 1.807) is 18.5 Å². The van der Waals surface area contributed by atoms with Crippen LogP contribution in [0.1, 0.15) is 25.5 Å². The van der Waals surface area contributed by atoms with Crippen LogP contribution in [0.25, 0.3) is 11.2 Å². The number of fused-ring (bicyclic) bond motifs is 1. The number of benzene rings is 1. The third-order valence-corrected chi connectivity index (χ3v) is 3.62. The minimum Gasteiger partial charge on any atom is -0.504 e. The van der Waals surface area contributed by atoms with Crippen LogP contribution in [0.2, 0.25) is 0 Å². The molecule has 0 unspecified atom stereocenters. The molecule has 0 amide bonds. The van der Waals surface area contributed by atoms with Crippen molar-refractivity contribution in [1.82, 2.24) is 19.5 Å². The number of phenols is 1. The Balaban J connectivity index is 1.83. The highest BCUT2D eigenvalue weighted by molar-refractivity contribution is 5.82. The molecule has 1 aromatic carbocycles. The first-order chi connectivity index (χ1) is 11.1. The van der Waals surface area contributed by atoms with E-state index < -0.39 is 0 Å². The lowest BCUT2D eigenvalue weighted by Crippen LogP contribution is -2.04. The molecule has 0 fully saturated rings. The van der Waals surface area contributed by atoms with Gasteiger partial charge in [0.05, 0.1) is 13.4 Å². The Morgan fingerprint density at radius 1 is 1.26 bits per heavy atom. The molecule has 3 aromatic rings. The Morgan fingerprint density at radius 2 is 2.09 bits per heavy atom. The fourth-order valence-electron chi connectivity index (χ4n) is 2.39. The van der Waals surface area contributed by atoms with Gasteiger partial charge in [-0.05, 0) is 31.5 Å². The smallest absolute Gasteiger partial charge is 0.165 e. The van der Waals surface area contributed by atoms with E-state index in [4.69, 9.17) is 4.74 Å². The molecule has 0 saturated carbocycles. The summed E-state index contributed by atoms with van der Waals surface area (Å²) in [4.78, 5) is 13.0. The lowest BCUT2D eigenvalue weighted by Gasteiger charge is -2.09. The second-order valence-corrected chi connectivity index (χ2v) is 5.50. The molecule has 0 saturated heterocycles. The highest BCUT2D eigenvalue weighted by Crippen LogP contribution is 2.27. The van der Waals surface area contributed by atoms with Crippen molar-refractivity contribution < 1.29 is 9.84 Å². The number of nitrogens with one attached hydrogen (secondary N) is 1. The predicted octanol–water partition coefficient (Wildman–Crippen LogP) is 2.73. The summed E-state index contributed by atoms with van der Waals surface area (Å²) in [5.74, 6) is 1.24. The Bertz CT molecular complexity index is 828. The van der Waals surface area contributed by atoms with Gasteiger partial charge in [-0.1, -0.05) is 6.07 Å². The zero-order valence-electron chi connectivity index (χ0n) is 13.3. The first kappa shape index (κ1) is 15.1. The van der Waals surface area contributed by atoms with Gasteiger partial charge in [-0.2, -0.15) is 0 Å². The van der Waals surface area contributed by atoms with Gasteiger partial charge in [0.1, 0.15) is 11.8 Å². The summed E-state index contributed by atoms with van der Waals surface area (Å²) in [6.45, 7) is 4.67. The van der Waals surface area contributed by atoms with Crippen molar-refractivity contribution in [3.8, 4) is 11.5 Å². The van der Waals surface area contributed by atoms with Gasteiger partial charge in [0.25, 0.3) is 0 Å². The number of ether oxygens (including phenoxy) is 1. The molecule has 23 heavy (non-hydrogen) atoms. The molecule has 7 heteroatoms. The fraction of sp³-hybridized carbons (Fsp3) is 0.312. The molecule has 3 rings (SSSR count). The predicted molar refractivity (Wildman–Crippen MR) is 87.7 cm³/mol. The molecule has 0 aliphatic heterocycles. The van der Waals surface area contributed by atoms with Crippen molar-refractivity contribution in [1.29, 1.82) is 0 Å². The summed E-state index contributed by atoms with van der Waals surface area (Å²) in [5.41, 5.74) is 2.45. The van der Waals surface area contributed by atoms with E-state index in [1.807, 2.05) is 10.6 Å². The molecule has 0 bridgehead atoms. The van der Waals surface area contributed by atoms with Gasteiger partial charge < -0.3 is 19.7 Å². The molecule has 120 valence electrons. The zero-order valence-corrected chi connectivity index (χ0v) is 13.3. The number of methoxy groups -OCH3 is 1. The lowest BCUT2D eigenvalue weighted by atomic mass is 10.2. The van der Waals surface area contributed by atoms with Crippen LogP contribution < -0.4 is 10.1 Å². The van der Waals surface area contributed by atoms with E-state index in [1.165, 1.54) is 13.4 Å². The Morgan fingerprint density at radius 3 is 2.78 bits per heavy atom. The maximum absolute atomic E-state index is 9.83. The van der Waals surface area contributed by atoms with Crippen molar-refractivity contribution in [3.05, 3.63) is 36.4 Å². The third kappa shape index (κ3) is 2.90. The van der Waals surface area contributed by atoms with Crippen LogP contribution in [0, 0.1) is 0 Å². The van der Waals surface area contributed by atoms with Crippen LogP contribution in [0.3, 0.4) is 0 Å². The molecule has 2 heterocycles. The first-order valence-corrected chi connectivity index (χ1v) is 7.37. The molecule has 2 aromatic heterocycles. The number of hydrogen-bond donors (Lipinski definition) is 2. The van der Waals surface area contributed by atoms with E-state index >= 15 is 0 Å². The monoisotopic (exact) mass is 313 g/mol.